The summed E-state index contributed by atoms with van der Waals surface area (Å²) >= 11 is 0. The quantitative estimate of drug-likeness (QED) is 0.714. The fourth-order valence-electron chi connectivity index (χ4n) is 1.69. The number of nitrogens with zero attached hydrogens (tertiary/aromatic N) is 3. The van der Waals surface area contributed by atoms with E-state index in [1.165, 1.54) is 0 Å². The van der Waals surface area contributed by atoms with Crippen LogP contribution >= 0.6 is 0 Å². The van der Waals surface area contributed by atoms with Crippen molar-refractivity contribution < 1.29 is 0 Å². The van der Waals surface area contributed by atoms with Gasteiger partial charge in [-0.1, -0.05) is 0 Å². The molecule has 0 bridgehead atoms. The van der Waals surface area contributed by atoms with Gasteiger partial charge >= 0.3 is 0 Å². The Morgan fingerprint density at radius 3 is 2.79 bits per heavy atom. The lowest BCUT2D eigenvalue weighted by Crippen LogP contribution is -2.10. The van der Waals surface area contributed by atoms with Crippen molar-refractivity contribution in [3.63, 3.8) is 0 Å². The normalized spacial score (nSPS) is 14.2. The molecule has 2 rings (SSSR count). The summed E-state index contributed by atoms with van der Waals surface area (Å²) < 4.78 is 1.72. The zero-order chi connectivity index (χ0) is 10.3. The molecule has 0 aliphatic carbocycles. The molecule has 70 valence electrons. The van der Waals surface area contributed by atoms with Gasteiger partial charge in [-0.25, -0.2) is 0 Å². The SMILES string of the molecule is CN(C)C1=C(C#N)C(=N)n2cccc21. The van der Waals surface area contributed by atoms with Crippen molar-refractivity contribution in [2.75, 3.05) is 14.1 Å². The van der Waals surface area contributed by atoms with Gasteiger partial charge < -0.3 is 4.90 Å². The molecule has 0 spiro atoms. The molecule has 0 aromatic carbocycles. The fourth-order valence-corrected chi connectivity index (χ4v) is 1.69. The summed E-state index contributed by atoms with van der Waals surface area (Å²) in [5.41, 5.74) is 2.17. The number of aromatic nitrogens is 1. The molecule has 0 fully saturated rings. The van der Waals surface area contributed by atoms with E-state index in [4.69, 9.17) is 10.7 Å². The highest BCUT2D eigenvalue weighted by Gasteiger charge is 2.27. The molecular weight excluding hydrogens is 176 g/mol. The molecule has 0 amide bonds. The zero-order valence-corrected chi connectivity index (χ0v) is 8.07. The number of allylic oxidation sites excluding steroid dienone is 1. The van der Waals surface area contributed by atoms with Crippen molar-refractivity contribution in [3.05, 3.63) is 29.6 Å². The molecule has 0 unspecified atom stereocenters. The van der Waals surface area contributed by atoms with E-state index in [9.17, 15) is 0 Å². The van der Waals surface area contributed by atoms with Crippen molar-refractivity contribution in [2.24, 2.45) is 0 Å². The van der Waals surface area contributed by atoms with Gasteiger partial charge in [-0.3, -0.25) is 9.98 Å². The Morgan fingerprint density at radius 1 is 1.50 bits per heavy atom. The summed E-state index contributed by atoms with van der Waals surface area (Å²) in [5, 5.41) is 16.7. The van der Waals surface area contributed by atoms with Crippen LogP contribution in [0.3, 0.4) is 0 Å². The molecule has 2 heterocycles. The predicted octanol–water partition coefficient (Wildman–Crippen LogP) is 1.12. The minimum Gasteiger partial charge on any atom is -0.375 e. The van der Waals surface area contributed by atoms with E-state index < -0.39 is 0 Å². The maximum atomic E-state index is 8.96. The lowest BCUT2D eigenvalue weighted by molar-refractivity contribution is 0.589. The highest BCUT2D eigenvalue weighted by Crippen LogP contribution is 2.28. The molecule has 0 saturated heterocycles. The molecule has 1 aromatic heterocycles. The van der Waals surface area contributed by atoms with Crippen LogP contribution in [-0.4, -0.2) is 29.4 Å². The molecule has 1 N–H and O–H groups in total. The second-order valence-electron chi connectivity index (χ2n) is 3.34. The van der Waals surface area contributed by atoms with Crippen molar-refractivity contribution in [1.82, 2.24) is 9.47 Å². The van der Waals surface area contributed by atoms with Gasteiger partial charge in [0.2, 0.25) is 0 Å². The van der Waals surface area contributed by atoms with Crippen molar-refractivity contribution in [1.29, 1.82) is 10.7 Å². The van der Waals surface area contributed by atoms with Gasteiger partial charge in [-0.05, 0) is 12.1 Å². The first-order chi connectivity index (χ1) is 6.66. The Morgan fingerprint density at radius 2 is 2.21 bits per heavy atom. The van der Waals surface area contributed by atoms with Crippen LogP contribution in [0.2, 0.25) is 0 Å². The third kappa shape index (κ3) is 0.895. The van der Waals surface area contributed by atoms with Crippen LogP contribution in [0.4, 0.5) is 0 Å². The number of fused-ring (bicyclic) bond motifs is 1. The summed E-state index contributed by atoms with van der Waals surface area (Å²) in [6.45, 7) is 0. The van der Waals surface area contributed by atoms with Crippen LogP contribution < -0.4 is 0 Å². The number of nitrogens with one attached hydrogen (secondary N) is 1. The number of nitriles is 1. The Balaban J connectivity index is 2.70. The molecule has 1 aliphatic rings. The van der Waals surface area contributed by atoms with E-state index in [-0.39, 0.29) is 5.84 Å². The van der Waals surface area contributed by atoms with Crippen molar-refractivity contribution in [2.45, 2.75) is 0 Å². The van der Waals surface area contributed by atoms with Gasteiger partial charge in [0.25, 0.3) is 0 Å². The molecule has 0 atom stereocenters. The average molecular weight is 186 g/mol. The lowest BCUT2D eigenvalue weighted by Gasteiger charge is -2.13. The topological polar surface area (TPSA) is 55.8 Å². The van der Waals surface area contributed by atoms with Gasteiger partial charge in [0, 0.05) is 20.3 Å². The first kappa shape index (κ1) is 8.57. The smallest absolute Gasteiger partial charge is 0.149 e. The Kier molecular flexibility index (Phi) is 1.68. The lowest BCUT2D eigenvalue weighted by atomic mass is 10.2. The van der Waals surface area contributed by atoms with Gasteiger partial charge in [-0.15, -0.1) is 0 Å². The first-order valence-electron chi connectivity index (χ1n) is 4.25. The van der Waals surface area contributed by atoms with Gasteiger partial charge in [-0.2, -0.15) is 5.26 Å². The Hall–Kier alpha value is -2.02. The zero-order valence-electron chi connectivity index (χ0n) is 8.07. The van der Waals surface area contributed by atoms with E-state index >= 15 is 0 Å². The van der Waals surface area contributed by atoms with Gasteiger partial charge in [0.15, 0.2) is 0 Å². The van der Waals surface area contributed by atoms with Gasteiger partial charge in [0.1, 0.15) is 17.5 Å². The van der Waals surface area contributed by atoms with Crippen LogP contribution in [0.25, 0.3) is 5.70 Å². The van der Waals surface area contributed by atoms with E-state index in [0.717, 1.165) is 11.4 Å². The molecule has 14 heavy (non-hydrogen) atoms. The third-order valence-corrected chi connectivity index (χ3v) is 2.26. The number of hydrogen-bond acceptors (Lipinski definition) is 3. The summed E-state index contributed by atoms with van der Waals surface area (Å²) in [5.74, 6) is 0.260. The second-order valence-corrected chi connectivity index (χ2v) is 3.34. The maximum Gasteiger partial charge on any atom is 0.149 e. The number of hydrogen-bond donors (Lipinski definition) is 1. The van der Waals surface area contributed by atoms with Crippen LogP contribution in [0.1, 0.15) is 5.69 Å². The summed E-state index contributed by atoms with van der Waals surface area (Å²) in [7, 11) is 3.76. The highest BCUT2D eigenvalue weighted by molar-refractivity contribution is 6.12. The van der Waals surface area contributed by atoms with E-state index in [2.05, 4.69) is 6.07 Å². The predicted molar refractivity (Wildman–Crippen MR) is 53.8 cm³/mol. The largest absolute Gasteiger partial charge is 0.375 e. The molecule has 4 heteroatoms. The summed E-state index contributed by atoms with van der Waals surface area (Å²) in [6.07, 6.45) is 1.80. The standard InChI is InChI=1S/C10H10N4/c1-13(2)9-7(6-11)10(12)14-5-3-4-8(9)14/h3-5,12H,1-2H3. The van der Waals surface area contributed by atoms with Crippen molar-refractivity contribution >= 4 is 11.5 Å². The minimum atomic E-state index is 0.260. The van der Waals surface area contributed by atoms with E-state index in [1.807, 2.05) is 31.1 Å². The Bertz CT molecular complexity index is 471. The molecule has 1 aromatic rings. The van der Waals surface area contributed by atoms with Crippen LogP contribution in [-0.2, 0) is 0 Å². The van der Waals surface area contributed by atoms with Crippen LogP contribution in [0, 0.1) is 16.7 Å². The van der Waals surface area contributed by atoms with Gasteiger partial charge in [0.05, 0.1) is 11.4 Å². The van der Waals surface area contributed by atoms with E-state index in [0.29, 0.717) is 5.57 Å². The fraction of sp³-hybridized carbons (Fsp3) is 0.200. The van der Waals surface area contributed by atoms with Crippen LogP contribution in [0.15, 0.2) is 23.9 Å². The van der Waals surface area contributed by atoms with E-state index in [1.54, 1.807) is 10.8 Å². The first-order valence-corrected chi connectivity index (χ1v) is 4.25. The summed E-state index contributed by atoms with van der Waals surface area (Å²) in [4.78, 5) is 1.87. The average Bonchev–Trinajstić information content (AvgIpc) is 2.67. The maximum absolute atomic E-state index is 8.96. The van der Waals surface area contributed by atoms with Crippen molar-refractivity contribution in [3.8, 4) is 6.07 Å². The molecule has 0 radical (unpaired) electrons. The second kappa shape index (κ2) is 2.74. The van der Waals surface area contributed by atoms with Crippen LogP contribution in [0.5, 0.6) is 0 Å². The molecule has 4 nitrogen and oxygen atoms in total. The summed E-state index contributed by atoms with van der Waals surface area (Å²) in [6, 6.07) is 5.86. The Labute approximate surface area is 82.2 Å². The molecule has 1 aliphatic heterocycles. The molecular formula is C10H10N4. The number of rotatable bonds is 1. The monoisotopic (exact) mass is 186 g/mol. The third-order valence-electron chi connectivity index (χ3n) is 2.26. The highest BCUT2D eigenvalue weighted by atomic mass is 15.2. The minimum absolute atomic E-state index is 0.260. The molecule has 0 saturated carbocycles.